The number of fused-ring (bicyclic) bond motifs is 4. The zero-order chi connectivity index (χ0) is 36.5. The summed E-state index contributed by atoms with van der Waals surface area (Å²) in [6.45, 7) is 0.0504. The van der Waals surface area contributed by atoms with Crippen LogP contribution >= 0.6 is 0 Å². The Labute approximate surface area is 297 Å². The molecule has 12 rings (SSSR count). The molecule has 4 saturated carbocycles. The highest BCUT2D eigenvalue weighted by atomic mass is 15.2. The molecule has 4 bridgehead atoms. The van der Waals surface area contributed by atoms with Gasteiger partial charge in [0.05, 0.1) is 6.85 Å². The minimum absolute atomic E-state index is 0.0504. The lowest BCUT2D eigenvalue weighted by molar-refractivity contribution is -0.00514. The molecule has 6 aliphatic rings. The molecule has 4 aliphatic carbocycles. The Morgan fingerprint density at radius 3 is 1.61 bits per heavy atom. The normalized spacial score (nSPS) is 25.4. The first kappa shape index (κ1) is 23.4. The fourth-order valence-corrected chi connectivity index (χ4v) is 11.0. The van der Waals surface area contributed by atoms with Crippen molar-refractivity contribution in [3.8, 4) is 11.1 Å². The second kappa shape index (κ2) is 10.5. The third-order valence-corrected chi connectivity index (χ3v) is 12.5. The molecule has 2 nitrogen and oxygen atoms in total. The minimum Gasteiger partial charge on any atom is -0.311 e. The van der Waals surface area contributed by atoms with E-state index in [1.807, 2.05) is 12.1 Å². The van der Waals surface area contributed by atoms with E-state index in [-0.39, 0.29) is 47.9 Å². The number of nitrogens with zero attached hydrogens (tertiary/aromatic N) is 2. The summed E-state index contributed by atoms with van der Waals surface area (Å²) in [7, 11) is 0. The molecule has 2 aliphatic heterocycles. The first-order chi connectivity index (χ1) is 26.3. The average Bonchev–Trinajstić information content (AvgIpc) is 3.19. The van der Waals surface area contributed by atoms with Gasteiger partial charge in [-0.3, -0.25) is 0 Å². The van der Waals surface area contributed by atoms with Crippen molar-refractivity contribution < 1.29 is 6.85 Å². The number of benzene rings is 6. The molecule has 0 atom stereocenters. The Hall–Kier alpha value is -5.02. The summed E-state index contributed by atoms with van der Waals surface area (Å²) in [5.74, 6) is 2.44. The fraction of sp³-hybridized carbons (Fsp3) is 0.217. The van der Waals surface area contributed by atoms with E-state index in [4.69, 9.17) is 6.85 Å². The summed E-state index contributed by atoms with van der Waals surface area (Å²) in [5, 5.41) is 0. The lowest BCUT2D eigenvalue weighted by Gasteiger charge is -2.57. The van der Waals surface area contributed by atoms with Crippen LogP contribution in [-0.2, 0) is 5.41 Å². The molecule has 49 heavy (non-hydrogen) atoms. The molecule has 0 saturated heterocycles. The van der Waals surface area contributed by atoms with Crippen LogP contribution < -0.4 is 26.2 Å². The summed E-state index contributed by atoms with van der Waals surface area (Å²) < 4.78 is 42.0. The van der Waals surface area contributed by atoms with Gasteiger partial charge in [0, 0.05) is 34.1 Å². The van der Waals surface area contributed by atoms with Crippen molar-refractivity contribution >= 4 is 57.2 Å². The topological polar surface area (TPSA) is 6.48 Å². The first-order valence-electron chi connectivity index (χ1n) is 20.5. The van der Waals surface area contributed by atoms with Crippen LogP contribution in [0.15, 0.2) is 145 Å². The van der Waals surface area contributed by atoms with E-state index in [9.17, 15) is 0 Å². The van der Waals surface area contributed by atoms with E-state index in [2.05, 4.69) is 113 Å². The van der Waals surface area contributed by atoms with E-state index in [1.165, 1.54) is 77.5 Å². The lowest BCUT2D eigenvalue weighted by atomic mass is 9.33. The van der Waals surface area contributed by atoms with Crippen LogP contribution in [-0.4, -0.2) is 6.71 Å². The quantitative estimate of drug-likeness (QED) is 0.178. The highest BCUT2D eigenvalue weighted by Crippen LogP contribution is 2.61. The third-order valence-electron chi connectivity index (χ3n) is 12.5. The molecular weight excluding hydrogens is 591 g/mol. The number of rotatable bonds is 4. The summed E-state index contributed by atoms with van der Waals surface area (Å²) in [5.41, 5.74) is 13.3. The van der Waals surface area contributed by atoms with Gasteiger partial charge in [-0.1, -0.05) is 96.9 Å². The van der Waals surface area contributed by atoms with Gasteiger partial charge in [-0.05, 0) is 143 Å². The van der Waals surface area contributed by atoms with Gasteiger partial charge in [0.1, 0.15) is 0 Å². The maximum Gasteiger partial charge on any atom is 0.252 e. The van der Waals surface area contributed by atoms with Gasteiger partial charge in [0.25, 0.3) is 6.71 Å². The molecule has 236 valence electrons. The van der Waals surface area contributed by atoms with Crippen molar-refractivity contribution in [3.63, 3.8) is 0 Å². The predicted octanol–water partition coefficient (Wildman–Crippen LogP) is 9.90. The van der Waals surface area contributed by atoms with Gasteiger partial charge in [0.15, 0.2) is 0 Å². The number of hydrogen-bond acceptors (Lipinski definition) is 2. The highest BCUT2D eigenvalue weighted by molar-refractivity contribution is 7.00. The molecule has 0 aromatic heterocycles. The van der Waals surface area contributed by atoms with E-state index in [0.29, 0.717) is 5.56 Å². The van der Waals surface area contributed by atoms with Crippen LogP contribution in [0, 0.1) is 17.8 Å². The Balaban J connectivity index is 1.17. The second-order valence-electron chi connectivity index (χ2n) is 15.2. The zero-order valence-electron chi connectivity index (χ0n) is 32.4. The molecule has 3 heteroatoms. The Kier molecular flexibility index (Phi) is 5.00. The number of para-hydroxylation sites is 3. The third kappa shape index (κ3) is 4.14. The molecule has 6 aromatic carbocycles. The maximum absolute atomic E-state index is 8.64. The molecule has 0 radical (unpaired) electrons. The Morgan fingerprint density at radius 1 is 0.531 bits per heavy atom. The van der Waals surface area contributed by atoms with Crippen LogP contribution in [0.4, 0.5) is 34.1 Å². The van der Waals surface area contributed by atoms with Crippen molar-refractivity contribution in [2.24, 2.45) is 17.8 Å². The monoisotopic (exact) mass is 635 g/mol. The molecule has 6 aromatic rings. The van der Waals surface area contributed by atoms with E-state index < -0.39 is 0 Å². The second-order valence-corrected chi connectivity index (χ2v) is 15.2. The molecule has 4 fully saturated rings. The summed E-state index contributed by atoms with van der Waals surface area (Å²) >= 11 is 0. The summed E-state index contributed by atoms with van der Waals surface area (Å²) in [4.78, 5) is 4.93. The largest absolute Gasteiger partial charge is 0.311 e. The SMILES string of the molecule is [2H]c1c([2H])c([2H])c(-c2ccc(N3c4ccccc4B4c5ccccc5N(c5ccccc5)c5cc(C67CC8CC(CC(C8)C6)C7)cc3c54)cc2)c([2H])c1[2H]. The molecular formula is C46H39BN2. The lowest BCUT2D eigenvalue weighted by Crippen LogP contribution is -2.61. The standard InChI is InChI=1S/C46H39BN2/c1-3-11-34(12-4-1)35-19-21-38(22-20-35)49-42-18-10-8-16-40(42)47-39-15-7-9-17-41(39)48(37-13-5-2-6-14-37)43-26-36(27-44(49)45(43)47)46-28-31-23-32(29-46)25-33(24-31)30-46/h1-22,26-27,31-33H,23-25,28-30H2/i1D,3D,4D,11D,12D. The van der Waals surface area contributed by atoms with Crippen LogP contribution in [0.2, 0.25) is 0 Å². The van der Waals surface area contributed by atoms with E-state index in [1.54, 1.807) is 0 Å². The van der Waals surface area contributed by atoms with Gasteiger partial charge < -0.3 is 9.80 Å². The fourth-order valence-electron chi connectivity index (χ4n) is 11.0. The Morgan fingerprint density at radius 2 is 1.04 bits per heavy atom. The first-order valence-corrected chi connectivity index (χ1v) is 18.0. The average molecular weight is 636 g/mol. The highest BCUT2D eigenvalue weighted by Gasteiger charge is 2.53. The zero-order valence-corrected chi connectivity index (χ0v) is 27.4. The number of hydrogen-bond donors (Lipinski definition) is 0. The van der Waals surface area contributed by atoms with Crippen molar-refractivity contribution in [1.82, 2.24) is 0 Å². The summed E-state index contributed by atoms with van der Waals surface area (Å²) in [6, 6.07) is 40.3. The van der Waals surface area contributed by atoms with Crippen LogP contribution in [0.3, 0.4) is 0 Å². The van der Waals surface area contributed by atoms with Crippen LogP contribution in [0.25, 0.3) is 11.1 Å². The van der Waals surface area contributed by atoms with Crippen LogP contribution in [0.1, 0.15) is 50.9 Å². The summed E-state index contributed by atoms with van der Waals surface area (Å²) in [6.07, 6.45) is 7.98. The van der Waals surface area contributed by atoms with Gasteiger partial charge in [-0.25, -0.2) is 0 Å². The Bertz CT molecular complexity index is 2450. The molecule has 0 amide bonds. The smallest absolute Gasteiger partial charge is 0.252 e. The van der Waals surface area contributed by atoms with E-state index >= 15 is 0 Å². The van der Waals surface area contributed by atoms with Gasteiger partial charge in [-0.15, -0.1) is 0 Å². The molecule has 0 N–H and O–H groups in total. The van der Waals surface area contributed by atoms with Gasteiger partial charge in [-0.2, -0.15) is 0 Å². The minimum atomic E-state index is -0.375. The predicted molar refractivity (Wildman–Crippen MR) is 206 cm³/mol. The van der Waals surface area contributed by atoms with Gasteiger partial charge >= 0.3 is 0 Å². The molecule has 2 heterocycles. The van der Waals surface area contributed by atoms with Gasteiger partial charge in [0.2, 0.25) is 0 Å². The van der Waals surface area contributed by atoms with Crippen LogP contribution in [0.5, 0.6) is 0 Å². The maximum atomic E-state index is 8.64. The van der Waals surface area contributed by atoms with Crippen molar-refractivity contribution in [1.29, 1.82) is 0 Å². The number of anilines is 6. The van der Waals surface area contributed by atoms with Crippen molar-refractivity contribution in [3.05, 3.63) is 151 Å². The van der Waals surface area contributed by atoms with Crippen molar-refractivity contribution in [2.45, 2.75) is 43.9 Å². The molecule has 0 unspecified atom stereocenters. The van der Waals surface area contributed by atoms with Crippen molar-refractivity contribution in [2.75, 3.05) is 9.80 Å². The molecule has 0 spiro atoms. The van der Waals surface area contributed by atoms with E-state index in [0.717, 1.165) is 34.8 Å².